The van der Waals surface area contributed by atoms with Crippen LogP contribution < -0.4 is 0 Å². The van der Waals surface area contributed by atoms with Crippen molar-refractivity contribution in [1.82, 2.24) is 0 Å². The number of carbonyl (C=O) groups is 1. The number of rotatable bonds is 4. The van der Waals surface area contributed by atoms with Crippen LogP contribution in [-0.4, -0.2) is 5.78 Å². The van der Waals surface area contributed by atoms with Crippen molar-refractivity contribution in [2.24, 2.45) is 5.92 Å². The predicted octanol–water partition coefficient (Wildman–Crippen LogP) is 3.88. The summed E-state index contributed by atoms with van der Waals surface area (Å²) in [6, 6.07) is 0. The molecule has 0 saturated heterocycles. The lowest BCUT2D eigenvalue weighted by Gasteiger charge is -2.12. The van der Waals surface area contributed by atoms with Crippen LogP contribution in [0.25, 0.3) is 0 Å². The van der Waals surface area contributed by atoms with E-state index in [-0.39, 0.29) is 0 Å². The van der Waals surface area contributed by atoms with Gasteiger partial charge >= 0.3 is 0 Å². The summed E-state index contributed by atoms with van der Waals surface area (Å²) in [4.78, 5) is 11.9. The van der Waals surface area contributed by atoms with Crippen molar-refractivity contribution < 1.29 is 4.79 Å². The Balaban J connectivity index is 2.38. The van der Waals surface area contributed by atoms with Crippen LogP contribution in [0.15, 0.2) is 12.2 Å². The van der Waals surface area contributed by atoms with Crippen LogP contribution in [0.2, 0.25) is 0 Å². The Hall–Kier alpha value is -0.590. The minimum absolute atomic E-state index is 0.348. The van der Waals surface area contributed by atoms with E-state index in [1.54, 1.807) is 0 Å². The predicted molar refractivity (Wildman–Crippen MR) is 60.2 cm³/mol. The van der Waals surface area contributed by atoms with Crippen LogP contribution >= 0.6 is 0 Å². The molecule has 80 valence electrons. The van der Waals surface area contributed by atoms with Gasteiger partial charge in [0.1, 0.15) is 5.78 Å². The van der Waals surface area contributed by atoms with E-state index >= 15 is 0 Å². The van der Waals surface area contributed by atoms with E-state index in [9.17, 15) is 4.79 Å². The highest BCUT2D eigenvalue weighted by atomic mass is 16.1. The zero-order valence-corrected chi connectivity index (χ0v) is 9.35. The molecule has 0 radical (unpaired) electrons. The van der Waals surface area contributed by atoms with Gasteiger partial charge in [-0.2, -0.15) is 0 Å². The third-order valence-electron chi connectivity index (χ3n) is 3.23. The second-order valence-corrected chi connectivity index (χ2v) is 4.44. The first kappa shape index (κ1) is 11.5. The monoisotopic (exact) mass is 194 g/mol. The maximum atomic E-state index is 11.9. The Morgan fingerprint density at radius 1 is 1.21 bits per heavy atom. The van der Waals surface area contributed by atoms with Gasteiger partial charge in [0.25, 0.3) is 0 Å². The van der Waals surface area contributed by atoms with Crippen LogP contribution in [0, 0.1) is 5.92 Å². The highest BCUT2D eigenvalue weighted by Gasteiger charge is 2.19. The van der Waals surface area contributed by atoms with Gasteiger partial charge in [0, 0.05) is 12.3 Å². The largest absolute Gasteiger partial charge is 0.299 e. The fourth-order valence-electron chi connectivity index (χ4n) is 2.12. The van der Waals surface area contributed by atoms with Gasteiger partial charge in [-0.1, -0.05) is 44.8 Å². The Kier molecular flexibility index (Phi) is 4.92. The lowest BCUT2D eigenvalue weighted by atomic mass is 9.91. The Bertz CT molecular complexity index is 197. The molecule has 1 nitrogen and oxygen atoms in total. The quantitative estimate of drug-likeness (QED) is 0.490. The van der Waals surface area contributed by atoms with Crippen molar-refractivity contribution in [3.05, 3.63) is 12.2 Å². The highest BCUT2D eigenvalue weighted by Crippen LogP contribution is 2.25. The summed E-state index contributed by atoms with van der Waals surface area (Å²) in [5, 5.41) is 0. The second kappa shape index (κ2) is 6.00. The first-order valence-electron chi connectivity index (χ1n) is 5.93. The number of ketones is 1. The summed E-state index contributed by atoms with van der Waals surface area (Å²) in [6.45, 7) is 5.98. The highest BCUT2D eigenvalue weighted by molar-refractivity contribution is 5.83. The van der Waals surface area contributed by atoms with Crippen molar-refractivity contribution in [1.29, 1.82) is 0 Å². The summed E-state index contributed by atoms with van der Waals surface area (Å²) >= 11 is 0. The molecule has 1 aliphatic carbocycles. The molecule has 0 unspecified atom stereocenters. The molecule has 0 heterocycles. The van der Waals surface area contributed by atoms with Crippen molar-refractivity contribution in [2.45, 2.75) is 58.3 Å². The molecule has 1 saturated carbocycles. The fourth-order valence-corrected chi connectivity index (χ4v) is 2.12. The van der Waals surface area contributed by atoms with Crippen LogP contribution in [0.1, 0.15) is 58.3 Å². The average Bonchev–Trinajstić information content (AvgIpc) is 2.45. The number of hydrogen-bond acceptors (Lipinski definition) is 1. The van der Waals surface area contributed by atoms with Crippen LogP contribution in [0.5, 0.6) is 0 Å². The van der Waals surface area contributed by atoms with E-state index in [1.807, 2.05) is 0 Å². The molecule has 0 aromatic rings. The zero-order chi connectivity index (χ0) is 10.4. The van der Waals surface area contributed by atoms with Gasteiger partial charge in [-0.15, -0.1) is 0 Å². The minimum Gasteiger partial charge on any atom is -0.299 e. The number of hydrogen-bond donors (Lipinski definition) is 0. The van der Waals surface area contributed by atoms with Crippen molar-refractivity contribution in [3.63, 3.8) is 0 Å². The molecular formula is C13H22O. The number of Topliss-reactive ketones (excluding diaryl/α,β-unsaturated/α-hetero) is 1. The lowest BCUT2D eigenvalue weighted by molar-refractivity contribution is -0.122. The molecule has 1 aliphatic rings. The van der Waals surface area contributed by atoms with Gasteiger partial charge < -0.3 is 0 Å². The molecule has 0 aromatic heterocycles. The molecule has 0 aliphatic heterocycles. The Labute approximate surface area is 87.6 Å². The smallest absolute Gasteiger partial charge is 0.139 e. The number of carbonyl (C=O) groups excluding carboxylic acids is 1. The molecule has 0 aromatic carbocycles. The van der Waals surface area contributed by atoms with Crippen molar-refractivity contribution in [2.75, 3.05) is 0 Å². The second-order valence-electron chi connectivity index (χ2n) is 4.44. The summed E-state index contributed by atoms with van der Waals surface area (Å²) < 4.78 is 0. The molecule has 1 fully saturated rings. The fraction of sp³-hybridized carbons (Fsp3) is 0.769. The maximum Gasteiger partial charge on any atom is 0.139 e. The van der Waals surface area contributed by atoms with E-state index in [4.69, 9.17) is 0 Å². The van der Waals surface area contributed by atoms with Gasteiger partial charge in [0.15, 0.2) is 0 Å². The van der Waals surface area contributed by atoms with Crippen LogP contribution in [-0.2, 0) is 4.79 Å². The van der Waals surface area contributed by atoms with Gasteiger partial charge in [-0.05, 0) is 19.3 Å². The topological polar surface area (TPSA) is 17.1 Å². The van der Waals surface area contributed by atoms with Gasteiger partial charge in [-0.25, -0.2) is 0 Å². The first-order valence-corrected chi connectivity index (χ1v) is 5.93. The molecule has 0 N–H and O–H groups in total. The zero-order valence-electron chi connectivity index (χ0n) is 9.35. The SMILES string of the molecule is C=C(CC)CC(=O)C1CCCCCC1. The maximum absolute atomic E-state index is 11.9. The summed E-state index contributed by atoms with van der Waals surface area (Å²) in [5.41, 5.74) is 1.10. The van der Waals surface area contributed by atoms with E-state index in [1.165, 1.54) is 25.7 Å². The van der Waals surface area contributed by atoms with Crippen molar-refractivity contribution >= 4 is 5.78 Å². The third kappa shape index (κ3) is 3.65. The lowest BCUT2D eigenvalue weighted by Crippen LogP contribution is -2.14. The third-order valence-corrected chi connectivity index (χ3v) is 3.23. The van der Waals surface area contributed by atoms with Crippen molar-refractivity contribution in [3.8, 4) is 0 Å². The van der Waals surface area contributed by atoms with Crippen LogP contribution in [0.4, 0.5) is 0 Å². The number of allylic oxidation sites excluding steroid dienone is 1. The molecule has 1 rings (SSSR count). The van der Waals surface area contributed by atoms with E-state index < -0.39 is 0 Å². The van der Waals surface area contributed by atoms with Gasteiger partial charge in [0.2, 0.25) is 0 Å². The van der Waals surface area contributed by atoms with E-state index in [0.29, 0.717) is 18.1 Å². The minimum atomic E-state index is 0.348. The Morgan fingerprint density at radius 2 is 1.79 bits per heavy atom. The average molecular weight is 194 g/mol. The molecule has 1 heteroatoms. The normalized spacial score (nSPS) is 18.9. The summed E-state index contributed by atoms with van der Waals surface area (Å²) in [6.07, 6.45) is 8.94. The molecule has 0 spiro atoms. The van der Waals surface area contributed by atoms with Gasteiger partial charge in [0.05, 0.1) is 0 Å². The van der Waals surface area contributed by atoms with Gasteiger partial charge in [-0.3, -0.25) is 4.79 Å². The Morgan fingerprint density at radius 3 is 2.29 bits per heavy atom. The van der Waals surface area contributed by atoms with Crippen LogP contribution in [0.3, 0.4) is 0 Å². The first-order chi connectivity index (χ1) is 6.74. The molecule has 0 amide bonds. The standard InChI is InChI=1S/C13H22O/c1-3-11(2)10-13(14)12-8-6-4-5-7-9-12/h12H,2-10H2,1H3. The summed E-state index contributed by atoms with van der Waals surface area (Å²) in [7, 11) is 0. The molecule has 14 heavy (non-hydrogen) atoms. The summed E-state index contributed by atoms with van der Waals surface area (Å²) in [5.74, 6) is 0.791. The molecule has 0 bridgehead atoms. The van der Waals surface area contributed by atoms with E-state index in [0.717, 1.165) is 24.8 Å². The van der Waals surface area contributed by atoms with E-state index in [2.05, 4.69) is 13.5 Å². The molecular weight excluding hydrogens is 172 g/mol. The molecule has 0 atom stereocenters.